The Morgan fingerprint density at radius 1 is 1.26 bits per heavy atom. The summed E-state index contributed by atoms with van der Waals surface area (Å²) in [6.07, 6.45) is 1.29. The summed E-state index contributed by atoms with van der Waals surface area (Å²) in [5.74, 6) is 1.68. The molecule has 1 aromatic carbocycles. The van der Waals surface area contributed by atoms with Gasteiger partial charge in [-0.15, -0.1) is 11.6 Å². The SMILES string of the molecule is Cc1ccc(C(Cl)c2ccc3c(c2)CCC(=O)N3)o1. The number of carbonyl (C=O) groups excluding carboxylic acids is 1. The molecule has 0 bridgehead atoms. The molecule has 0 aliphatic carbocycles. The molecule has 1 aliphatic rings. The number of nitrogens with one attached hydrogen (secondary N) is 1. The average molecular weight is 276 g/mol. The number of amides is 1. The first kappa shape index (κ1) is 12.3. The van der Waals surface area contributed by atoms with Crippen LogP contribution in [-0.2, 0) is 11.2 Å². The lowest BCUT2D eigenvalue weighted by Gasteiger charge is -2.18. The number of carbonyl (C=O) groups is 1. The van der Waals surface area contributed by atoms with E-state index < -0.39 is 0 Å². The first-order valence-electron chi connectivity index (χ1n) is 6.26. The van der Waals surface area contributed by atoms with Crippen LogP contribution in [0.2, 0.25) is 0 Å². The monoisotopic (exact) mass is 275 g/mol. The standard InChI is InChI=1S/C15H14ClNO2/c1-9-2-6-13(19-9)15(16)11-3-5-12-10(8-11)4-7-14(18)17-12/h2-3,5-6,8,15H,4,7H2,1H3,(H,17,18). The molecule has 1 aromatic heterocycles. The molecule has 1 N–H and O–H groups in total. The van der Waals surface area contributed by atoms with Gasteiger partial charge in [0.1, 0.15) is 16.9 Å². The van der Waals surface area contributed by atoms with Crippen molar-refractivity contribution in [1.82, 2.24) is 0 Å². The first-order valence-corrected chi connectivity index (χ1v) is 6.70. The van der Waals surface area contributed by atoms with E-state index in [1.807, 2.05) is 37.3 Å². The molecule has 2 aromatic rings. The highest BCUT2D eigenvalue weighted by molar-refractivity contribution is 6.22. The van der Waals surface area contributed by atoms with E-state index in [1.54, 1.807) is 0 Å². The smallest absolute Gasteiger partial charge is 0.224 e. The van der Waals surface area contributed by atoms with E-state index >= 15 is 0 Å². The van der Waals surface area contributed by atoms with Gasteiger partial charge in [0.25, 0.3) is 0 Å². The maximum Gasteiger partial charge on any atom is 0.224 e. The molecular formula is C15H14ClNO2. The highest BCUT2D eigenvalue weighted by Gasteiger charge is 2.19. The summed E-state index contributed by atoms with van der Waals surface area (Å²) in [5, 5.41) is 2.57. The van der Waals surface area contributed by atoms with E-state index in [-0.39, 0.29) is 11.3 Å². The van der Waals surface area contributed by atoms with Gasteiger partial charge >= 0.3 is 0 Å². The Bertz CT molecular complexity index is 633. The van der Waals surface area contributed by atoms with E-state index in [0.29, 0.717) is 6.42 Å². The van der Waals surface area contributed by atoms with E-state index in [9.17, 15) is 4.79 Å². The van der Waals surface area contributed by atoms with Crippen LogP contribution in [0.1, 0.15) is 34.4 Å². The second-order valence-corrected chi connectivity index (χ2v) is 5.21. The first-order chi connectivity index (χ1) is 9.13. The van der Waals surface area contributed by atoms with Gasteiger partial charge in [0.15, 0.2) is 0 Å². The fourth-order valence-corrected chi connectivity index (χ4v) is 2.57. The Hall–Kier alpha value is -1.74. The molecule has 4 heteroatoms. The number of hydrogen-bond acceptors (Lipinski definition) is 2. The van der Waals surface area contributed by atoms with E-state index in [0.717, 1.165) is 34.8 Å². The molecule has 0 radical (unpaired) electrons. The Balaban J connectivity index is 1.92. The summed E-state index contributed by atoms with van der Waals surface area (Å²) in [6, 6.07) is 9.69. The van der Waals surface area contributed by atoms with Gasteiger partial charge in [0.2, 0.25) is 5.91 Å². The predicted octanol–water partition coefficient (Wildman–Crippen LogP) is 3.80. The highest BCUT2D eigenvalue weighted by Crippen LogP contribution is 2.33. The van der Waals surface area contributed by atoms with Crippen molar-refractivity contribution in [2.24, 2.45) is 0 Å². The summed E-state index contributed by atoms with van der Waals surface area (Å²) >= 11 is 6.44. The van der Waals surface area contributed by atoms with Crippen LogP contribution in [0, 0.1) is 6.92 Å². The number of hydrogen-bond donors (Lipinski definition) is 1. The lowest BCUT2D eigenvalue weighted by molar-refractivity contribution is -0.116. The third kappa shape index (κ3) is 2.38. The lowest BCUT2D eigenvalue weighted by atomic mass is 9.98. The minimum absolute atomic E-state index is 0.0735. The molecule has 0 saturated heterocycles. The molecule has 0 spiro atoms. The maximum atomic E-state index is 11.3. The molecule has 0 saturated carbocycles. The fourth-order valence-electron chi connectivity index (χ4n) is 2.31. The summed E-state index contributed by atoms with van der Waals surface area (Å²) < 4.78 is 5.56. The van der Waals surface area contributed by atoms with Crippen LogP contribution in [0.4, 0.5) is 5.69 Å². The number of fused-ring (bicyclic) bond motifs is 1. The maximum absolute atomic E-state index is 11.3. The van der Waals surface area contributed by atoms with Gasteiger partial charge in [-0.2, -0.15) is 0 Å². The zero-order chi connectivity index (χ0) is 13.4. The third-order valence-electron chi connectivity index (χ3n) is 3.33. The minimum Gasteiger partial charge on any atom is -0.464 e. The molecule has 1 atom stereocenters. The molecule has 1 amide bonds. The van der Waals surface area contributed by atoms with Crippen LogP contribution in [0.15, 0.2) is 34.7 Å². The van der Waals surface area contributed by atoms with E-state index in [2.05, 4.69) is 5.32 Å². The van der Waals surface area contributed by atoms with Crippen LogP contribution in [-0.4, -0.2) is 5.91 Å². The largest absolute Gasteiger partial charge is 0.464 e. The molecule has 98 valence electrons. The molecular weight excluding hydrogens is 262 g/mol. The zero-order valence-electron chi connectivity index (χ0n) is 10.6. The molecule has 1 unspecified atom stereocenters. The van der Waals surface area contributed by atoms with Gasteiger partial charge in [0.05, 0.1) is 0 Å². The second-order valence-electron chi connectivity index (χ2n) is 4.78. The van der Waals surface area contributed by atoms with Gasteiger partial charge in [-0.05, 0) is 42.7 Å². The van der Waals surface area contributed by atoms with E-state index in [4.69, 9.17) is 16.0 Å². The van der Waals surface area contributed by atoms with E-state index in [1.165, 1.54) is 0 Å². The van der Waals surface area contributed by atoms with Crippen molar-refractivity contribution in [3.8, 4) is 0 Å². The lowest BCUT2D eigenvalue weighted by Crippen LogP contribution is -2.19. The third-order valence-corrected chi connectivity index (χ3v) is 3.80. The quantitative estimate of drug-likeness (QED) is 0.847. The number of anilines is 1. The molecule has 19 heavy (non-hydrogen) atoms. The predicted molar refractivity (Wildman–Crippen MR) is 74.5 cm³/mol. The minimum atomic E-state index is -0.295. The van der Waals surface area contributed by atoms with Crippen LogP contribution in [0.3, 0.4) is 0 Å². The molecule has 3 nitrogen and oxygen atoms in total. The van der Waals surface area contributed by atoms with Crippen LogP contribution in [0.25, 0.3) is 0 Å². The Kier molecular flexibility index (Phi) is 3.07. The van der Waals surface area contributed by atoms with Gasteiger partial charge in [0, 0.05) is 12.1 Å². The van der Waals surface area contributed by atoms with Crippen LogP contribution in [0.5, 0.6) is 0 Å². The van der Waals surface area contributed by atoms with Gasteiger partial charge < -0.3 is 9.73 Å². The summed E-state index contributed by atoms with van der Waals surface area (Å²) in [4.78, 5) is 11.3. The Morgan fingerprint density at radius 3 is 2.84 bits per heavy atom. The van der Waals surface area contributed by atoms with Crippen molar-refractivity contribution in [2.75, 3.05) is 5.32 Å². The fraction of sp³-hybridized carbons (Fsp3) is 0.267. The molecule has 3 rings (SSSR count). The van der Waals surface area contributed by atoms with Crippen LogP contribution >= 0.6 is 11.6 Å². The van der Waals surface area contributed by atoms with Crippen molar-refractivity contribution >= 4 is 23.2 Å². The van der Waals surface area contributed by atoms with Gasteiger partial charge in [-0.1, -0.05) is 12.1 Å². The summed E-state index contributed by atoms with van der Waals surface area (Å²) in [5.41, 5.74) is 3.01. The van der Waals surface area contributed by atoms with Crippen molar-refractivity contribution < 1.29 is 9.21 Å². The van der Waals surface area contributed by atoms with Crippen molar-refractivity contribution in [1.29, 1.82) is 0 Å². The number of alkyl halides is 1. The number of benzene rings is 1. The number of furan rings is 1. The average Bonchev–Trinajstić information content (AvgIpc) is 2.84. The topological polar surface area (TPSA) is 42.2 Å². The highest BCUT2D eigenvalue weighted by atomic mass is 35.5. The molecule has 1 aliphatic heterocycles. The van der Waals surface area contributed by atoms with Gasteiger partial charge in [-0.25, -0.2) is 0 Å². The summed E-state index contributed by atoms with van der Waals surface area (Å²) in [7, 11) is 0. The van der Waals surface area contributed by atoms with Crippen LogP contribution < -0.4 is 5.32 Å². The Labute approximate surface area is 116 Å². The van der Waals surface area contributed by atoms with Crippen molar-refractivity contribution in [3.05, 3.63) is 53.0 Å². The summed E-state index contributed by atoms with van der Waals surface area (Å²) in [6.45, 7) is 1.90. The molecule has 0 fully saturated rings. The van der Waals surface area contributed by atoms with Crippen molar-refractivity contribution in [3.63, 3.8) is 0 Å². The number of halogens is 1. The number of aryl methyl sites for hydroxylation is 2. The Morgan fingerprint density at radius 2 is 2.11 bits per heavy atom. The second kappa shape index (κ2) is 4.74. The zero-order valence-corrected chi connectivity index (χ0v) is 11.3. The normalized spacial score (nSPS) is 15.8. The van der Waals surface area contributed by atoms with Crippen molar-refractivity contribution in [2.45, 2.75) is 25.1 Å². The number of rotatable bonds is 2. The molecule has 2 heterocycles. The van der Waals surface area contributed by atoms with Gasteiger partial charge in [-0.3, -0.25) is 4.79 Å².